The summed E-state index contributed by atoms with van der Waals surface area (Å²) >= 11 is 0. The molecule has 3 unspecified atom stereocenters. The minimum Gasteiger partial charge on any atom is -0.496 e. The molecule has 3 heteroatoms. The second kappa shape index (κ2) is 7.98. The highest BCUT2D eigenvalue weighted by Gasteiger charge is 2.33. The highest BCUT2D eigenvalue weighted by Crippen LogP contribution is 2.31. The molecule has 0 spiro atoms. The number of hydrogen-bond acceptors (Lipinski definition) is 3. The van der Waals surface area contributed by atoms with Gasteiger partial charge >= 0.3 is 0 Å². The molecule has 3 rings (SSSR count). The maximum Gasteiger partial charge on any atom is 0.122 e. The van der Waals surface area contributed by atoms with Gasteiger partial charge in [-0.25, -0.2) is 0 Å². The molecular formula is C19H30N2O. The molecule has 0 amide bonds. The van der Waals surface area contributed by atoms with Crippen LogP contribution in [0.25, 0.3) is 0 Å². The quantitative estimate of drug-likeness (QED) is 0.847. The molecule has 1 aliphatic carbocycles. The first-order chi connectivity index (χ1) is 10.9. The normalized spacial score (nSPS) is 28.7. The molecule has 22 heavy (non-hydrogen) atoms. The Morgan fingerprint density at radius 2 is 2.05 bits per heavy atom. The molecule has 0 bridgehead atoms. The van der Waals surface area contributed by atoms with Gasteiger partial charge in [-0.2, -0.15) is 0 Å². The zero-order chi connectivity index (χ0) is 15.2. The van der Waals surface area contributed by atoms with Crippen molar-refractivity contribution in [1.82, 2.24) is 10.6 Å². The third kappa shape index (κ3) is 3.82. The van der Waals surface area contributed by atoms with Gasteiger partial charge in [0.2, 0.25) is 0 Å². The third-order valence-electron chi connectivity index (χ3n) is 5.43. The van der Waals surface area contributed by atoms with Crippen LogP contribution in [0.1, 0.15) is 44.1 Å². The van der Waals surface area contributed by atoms with Crippen molar-refractivity contribution < 1.29 is 4.74 Å². The van der Waals surface area contributed by atoms with Gasteiger partial charge in [-0.15, -0.1) is 0 Å². The van der Waals surface area contributed by atoms with Gasteiger partial charge in [0.05, 0.1) is 7.11 Å². The number of ether oxygens (including phenoxy) is 1. The van der Waals surface area contributed by atoms with Crippen molar-refractivity contribution in [2.75, 3.05) is 20.2 Å². The summed E-state index contributed by atoms with van der Waals surface area (Å²) in [4.78, 5) is 0. The lowest BCUT2D eigenvalue weighted by molar-refractivity contribution is 0.258. The lowest BCUT2D eigenvalue weighted by atomic mass is 9.88. The lowest BCUT2D eigenvalue weighted by Crippen LogP contribution is -2.47. The number of benzene rings is 1. The summed E-state index contributed by atoms with van der Waals surface area (Å²) in [5.41, 5.74) is 1.31. The Hall–Kier alpha value is -1.06. The van der Waals surface area contributed by atoms with E-state index in [-0.39, 0.29) is 0 Å². The van der Waals surface area contributed by atoms with Crippen LogP contribution in [0.3, 0.4) is 0 Å². The fraction of sp³-hybridized carbons (Fsp3) is 0.684. The Balaban J connectivity index is 1.50. The number of methoxy groups -OCH3 is 1. The number of piperidine rings is 1. The third-order valence-corrected chi connectivity index (χ3v) is 5.43. The second-order valence-corrected chi connectivity index (χ2v) is 6.77. The summed E-state index contributed by atoms with van der Waals surface area (Å²) in [7, 11) is 1.76. The molecule has 1 heterocycles. The Morgan fingerprint density at radius 1 is 1.14 bits per heavy atom. The molecule has 1 saturated heterocycles. The molecule has 2 aliphatic rings. The van der Waals surface area contributed by atoms with Crippen molar-refractivity contribution >= 4 is 0 Å². The van der Waals surface area contributed by atoms with E-state index in [0.29, 0.717) is 6.04 Å². The first kappa shape index (κ1) is 15.8. The van der Waals surface area contributed by atoms with Crippen LogP contribution in [0.15, 0.2) is 24.3 Å². The molecule has 1 aromatic carbocycles. The largest absolute Gasteiger partial charge is 0.496 e. The van der Waals surface area contributed by atoms with Crippen molar-refractivity contribution in [2.24, 2.45) is 5.92 Å². The molecular weight excluding hydrogens is 272 g/mol. The molecule has 0 radical (unpaired) electrons. The fourth-order valence-electron chi connectivity index (χ4n) is 4.27. The first-order valence-corrected chi connectivity index (χ1v) is 8.97. The SMILES string of the molecule is COc1ccccc1CCNC1CCCC1C1CCCCN1. The van der Waals surface area contributed by atoms with Crippen molar-refractivity contribution in [3.8, 4) is 5.75 Å². The highest BCUT2D eigenvalue weighted by molar-refractivity contribution is 5.33. The van der Waals surface area contributed by atoms with Crippen LogP contribution < -0.4 is 15.4 Å². The average Bonchev–Trinajstić information content (AvgIpc) is 3.04. The number of nitrogens with one attached hydrogen (secondary N) is 2. The minimum absolute atomic E-state index is 0.699. The van der Waals surface area contributed by atoms with Crippen LogP contribution in [-0.4, -0.2) is 32.3 Å². The summed E-state index contributed by atoms with van der Waals surface area (Å²) < 4.78 is 5.45. The van der Waals surface area contributed by atoms with Crippen LogP contribution in [0.5, 0.6) is 5.75 Å². The zero-order valence-corrected chi connectivity index (χ0v) is 13.8. The average molecular weight is 302 g/mol. The molecule has 0 aromatic heterocycles. The standard InChI is InChI=1S/C19H30N2O/c1-22-19-11-3-2-7-15(19)12-14-21-18-10-6-8-16(18)17-9-4-5-13-20-17/h2-3,7,11,16-18,20-21H,4-6,8-10,12-14H2,1H3. The molecule has 1 aliphatic heterocycles. The highest BCUT2D eigenvalue weighted by atomic mass is 16.5. The predicted molar refractivity (Wildman–Crippen MR) is 91.5 cm³/mol. The van der Waals surface area contributed by atoms with Crippen molar-refractivity contribution in [2.45, 2.75) is 57.0 Å². The van der Waals surface area contributed by atoms with Gasteiger partial charge in [-0.3, -0.25) is 0 Å². The Morgan fingerprint density at radius 3 is 2.86 bits per heavy atom. The summed E-state index contributed by atoms with van der Waals surface area (Å²) in [6.07, 6.45) is 9.30. The second-order valence-electron chi connectivity index (χ2n) is 6.77. The number of hydrogen-bond donors (Lipinski definition) is 2. The van der Waals surface area contributed by atoms with Gasteiger partial charge in [-0.1, -0.05) is 31.0 Å². The van der Waals surface area contributed by atoms with Crippen LogP contribution >= 0.6 is 0 Å². The van der Waals surface area contributed by atoms with Gasteiger partial charge < -0.3 is 15.4 Å². The van der Waals surface area contributed by atoms with E-state index in [1.165, 1.54) is 50.6 Å². The molecule has 3 nitrogen and oxygen atoms in total. The molecule has 2 N–H and O–H groups in total. The monoisotopic (exact) mass is 302 g/mol. The lowest BCUT2D eigenvalue weighted by Gasteiger charge is -2.33. The summed E-state index contributed by atoms with van der Waals surface area (Å²) in [6, 6.07) is 9.82. The van der Waals surface area contributed by atoms with Crippen molar-refractivity contribution in [1.29, 1.82) is 0 Å². The van der Waals surface area contributed by atoms with Crippen LogP contribution in [0, 0.1) is 5.92 Å². The van der Waals surface area contributed by atoms with E-state index in [1.54, 1.807) is 7.11 Å². The maximum absolute atomic E-state index is 5.45. The van der Waals surface area contributed by atoms with E-state index < -0.39 is 0 Å². The molecule has 1 saturated carbocycles. The predicted octanol–water partition coefficient (Wildman–Crippen LogP) is 3.14. The first-order valence-electron chi connectivity index (χ1n) is 8.97. The van der Waals surface area contributed by atoms with Gasteiger partial charge in [0.25, 0.3) is 0 Å². The molecule has 122 valence electrons. The number of para-hydroxylation sites is 1. The Bertz CT molecular complexity index is 457. The van der Waals surface area contributed by atoms with E-state index in [9.17, 15) is 0 Å². The van der Waals surface area contributed by atoms with Crippen LogP contribution in [-0.2, 0) is 6.42 Å². The van der Waals surface area contributed by atoms with Gasteiger partial charge in [0, 0.05) is 12.1 Å². The van der Waals surface area contributed by atoms with Crippen LogP contribution in [0.2, 0.25) is 0 Å². The molecule has 3 atom stereocenters. The number of rotatable bonds is 6. The topological polar surface area (TPSA) is 33.3 Å². The van der Waals surface area contributed by atoms with Crippen molar-refractivity contribution in [3.63, 3.8) is 0 Å². The van der Waals surface area contributed by atoms with E-state index in [0.717, 1.165) is 30.7 Å². The zero-order valence-electron chi connectivity index (χ0n) is 13.8. The van der Waals surface area contributed by atoms with Gasteiger partial charge in [0.15, 0.2) is 0 Å². The van der Waals surface area contributed by atoms with Crippen molar-refractivity contribution in [3.05, 3.63) is 29.8 Å². The minimum atomic E-state index is 0.699. The van der Waals surface area contributed by atoms with Gasteiger partial charge in [-0.05, 0) is 62.7 Å². The summed E-state index contributed by atoms with van der Waals surface area (Å²) in [5.74, 6) is 1.85. The van der Waals surface area contributed by atoms with E-state index in [1.807, 2.05) is 6.07 Å². The Kier molecular flexibility index (Phi) is 5.74. The van der Waals surface area contributed by atoms with Crippen LogP contribution in [0.4, 0.5) is 0 Å². The summed E-state index contributed by atoms with van der Waals surface area (Å²) in [6.45, 7) is 2.27. The van der Waals surface area contributed by atoms with E-state index in [2.05, 4.69) is 28.8 Å². The van der Waals surface area contributed by atoms with E-state index in [4.69, 9.17) is 4.74 Å². The molecule has 2 fully saturated rings. The Labute approximate surface area is 134 Å². The van der Waals surface area contributed by atoms with E-state index >= 15 is 0 Å². The van der Waals surface area contributed by atoms with Gasteiger partial charge in [0.1, 0.15) is 5.75 Å². The maximum atomic E-state index is 5.45. The smallest absolute Gasteiger partial charge is 0.122 e. The fourth-order valence-corrected chi connectivity index (χ4v) is 4.27. The molecule has 1 aromatic rings. The summed E-state index contributed by atoms with van der Waals surface area (Å²) in [5, 5.41) is 7.59.